The molecule has 0 bridgehead atoms. The lowest BCUT2D eigenvalue weighted by molar-refractivity contribution is 0.194. The van der Waals surface area contributed by atoms with E-state index in [0.29, 0.717) is 12.0 Å². The summed E-state index contributed by atoms with van der Waals surface area (Å²) in [7, 11) is 1.66. The minimum absolute atomic E-state index is 0.515. The fraction of sp³-hybridized carbons (Fsp3) is 0.625. The molecule has 106 valence electrons. The fourth-order valence-electron chi connectivity index (χ4n) is 3.01. The molecule has 0 aromatic heterocycles. The zero-order valence-corrected chi connectivity index (χ0v) is 12.4. The Morgan fingerprint density at radius 1 is 1.32 bits per heavy atom. The summed E-state index contributed by atoms with van der Waals surface area (Å²) in [4.78, 5) is 2.42. The number of ether oxygens (including phenoxy) is 1. The Balaban J connectivity index is 2.43. The lowest BCUT2D eigenvalue weighted by atomic mass is 9.93. The highest BCUT2D eigenvalue weighted by Gasteiger charge is 2.27. The maximum Gasteiger partial charge on any atom is 0.126 e. The van der Waals surface area contributed by atoms with Crippen molar-refractivity contribution in [2.75, 3.05) is 18.6 Å². The summed E-state index contributed by atoms with van der Waals surface area (Å²) in [5.74, 6) is 1.47. The summed E-state index contributed by atoms with van der Waals surface area (Å²) < 4.78 is 5.41. The summed E-state index contributed by atoms with van der Waals surface area (Å²) in [5.41, 5.74) is 2.03. The van der Waals surface area contributed by atoms with E-state index in [0.717, 1.165) is 23.5 Å². The monoisotopic (exact) mass is 263 g/mol. The minimum Gasteiger partial charge on any atom is -0.496 e. The van der Waals surface area contributed by atoms with Gasteiger partial charge < -0.3 is 14.7 Å². The van der Waals surface area contributed by atoms with Crippen LogP contribution < -0.4 is 9.64 Å². The molecule has 0 spiro atoms. The summed E-state index contributed by atoms with van der Waals surface area (Å²) in [5, 5.41) is 10.1. The molecule has 3 atom stereocenters. The summed E-state index contributed by atoms with van der Waals surface area (Å²) >= 11 is 0. The van der Waals surface area contributed by atoms with Crippen molar-refractivity contribution in [1.29, 1.82) is 0 Å². The first-order valence-corrected chi connectivity index (χ1v) is 7.16. The first kappa shape index (κ1) is 14.2. The van der Waals surface area contributed by atoms with E-state index in [1.54, 1.807) is 14.0 Å². The highest BCUT2D eigenvalue weighted by Crippen LogP contribution is 2.37. The van der Waals surface area contributed by atoms with Crippen LogP contribution in [0.5, 0.6) is 5.75 Å². The molecule has 2 rings (SSSR count). The Bertz CT molecular complexity index is 431. The molecule has 1 heterocycles. The van der Waals surface area contributed by atoms with Gasteiger partial charge in [-0.2, -0.15) is 0 Å². The Morgan fingerprint density at radius 3 is 2.68 bits per heavy atom. The van der Waals surface area contributed by atoms with Crippen LogP contribution in [0.2, 0.25) is 0 Å². The van der Waals surface area contributed by atoms with Crippen LogP contribution in [-0.2, 0) is 0 Å². The van der Waals surface area contributed by atoms with E-state index in [2.05, 4.69) is 24.8 Å². The number of benzene rings is 1. The van der Waals surface area contributed by atoms with E-state index in [-0.39, 0.29) is 0 Å². The number of hydrogen-bond donors (Lipinski definition) is 1. The Hall–Kier alpha value is -1.22. The van der Waals surface area contributed by atoms with E-state index < -0.39 is 6.10 Å². The highest BCUT2D eigenvalue weighted by molar-refractivity contribution is 5.61. The molecule has 1 fully saturated rings. The van der Waals surface area contributed by atoms with Crippen LogP contribution in [0, 0.1) is 5.92 Å². The van der Waals surface area contributed by atoms with Gasteiger partial charge in [0.15, 0.2) is 0 Å². The van der Waals surface area contributed by atoms with E-state index in [4.69, 9.17) is 4.74 Å². The van der Waals surface area contributed by atoms with Crippen LogP contribution >= 0.6 is 0 Å². The van der Waals surface area contributed by atoms with Crippen LogP contribution in [0.25, 0.3) is 0 Å². The predicted molar refractivity (Wildman–Crippen MR) is 78.8 cm³/mol. The van der Waals surface area contributed by atoms with Crippen molar-refractivity contribution in [2.24, 2.45) is 5.92 Å². The van der Waals surface area contributed by atoms with Crippen molar-refractivity contribution in [3.8, 4) is 5.75 Å². The number of aliphatic hydroxyl groups excluding tert-OH is 1. The number of nitrogens with zero attached hydrogens (tertiary/aromatic N) is 1. The Morgan fingerprint density at radius 2 is 2.05 bits per heavy atom. The topological polar surface area (TPSA) is 32.7 Å². The molecule has 1 aromatic carbocycles. The van der Waals surface area contributed by atoms with Crippen LogP contribution in [0.4, 0.5) is 5.69 Å². The zero-order valence-electron chi connectivity index (χ0n) is 12.4. The molecule has 1 saturated heterocycles. The van der Waals surface area contributed by atoms with Crippen molar-refractivity contribution in [1.82, 2.24) is 0 Å². The van der Waals surface area contributed by atoms with E-state index >= 15 is 0 Å². The molecule has 0 aliphatic carbocycles. The molecule has 3 heteroatoms. The average molecular weight is 263 g/mol. The Labute approximate surface area is 116 Å². The van der Waals surface area contributed by atoms with Gasteiger partial charge in [-0.05, 0) is 44.7 Å². The lowest BCUT2D eigenvalue weighted by Gasteiger charge is -2.40. The molecular formula is C16H25NO2. The molecule has 1 aliphatic rings. The number of hydrogen-bond acceptors (Lipinski definition) is 3. The normalized spacial score (nSPS) is 25.2. The second kappa shape index (κ2) is 5.83. The number of methoxy groups -OCH3 is 1. The average Bonchev–Trinajstić information content (AvgIpc) is 2.40. The first-order chi connectivity index (χ1) is 9.04. The smallest absolute Gasteiger partial charge is 0.126 e. The number of aliphatic hydroxyl groups is 1. The van der Waals surface area contributed by atoms with Gasteiger partial charge in [0.1, 0.15) is 5.75 Å². The van der Waals surface area contributed by atoms with Crippen LogP contribution in [-0.4, -0.2) is 24.8 Å². The van der Waals surface area contributed by atoms with Crippen molar-refractivity contribution in [3.05, 3.63) is 23.8 Å². The van der Waals surface area contributed by atoms with Gasteiger partial charge in [-0.25, -0.2) is 0 Å². The van der Waals surface area contributed by atoms with Gasteiger partial charge in [-0.3, -0.25) is 0 Å². The van der Waals surface area contributed by atoms with Gasteiger partial charge in [0.25, 0.3) is 0 Å². The summed E-state index contributed by atoms with van der Waals surface area (Å²) in [6.45, 7) is 7.41. The fourth-order valence-corrected chi connectivity index (χ4v) is 3.01. The third-order valence-corrected chi connectivity index (χ3v) is 4.11. The van der Waals surface area contributed by atoms with Crippen molar-refractivity contribution < 1.29 is 9.84 Å². The molecule has 1 aliphatic heterocycles. The third-order valence-electron chi connectivity index (χ3n) is 4.11. The van der Waals surface area contributed by atoms with Gasteiger partial charge in [0, 0.05) is 23.8 Å². The number of piperidine rings is 1. The second-order valence-corrected chi connectivity index (χ2v) is 5.75. The van der Waals surface area contributed by atoms with Crippen molar-refractivity contribution >= 4 is 5.69 Å². The van der Waals surface area contributed by atoms with Crippen molar-refractivity contribution in [2.45, 2.75) is 45.8 Å². The van der Waals surface area contributed by atoms with Gasteiger partial charge in [0.05, 0.1) is 13.2 Å². The zero-order chi connectivity index (χ0) is 14.0. The number of rotatable bonds is 3. The van der Waals surface area contributed by atoms with Gasteiger partial charge in [0.2, 0.25) is 0 Å². The van der Waals surface area contributed by atoms with E-state index in [1.165, 1.54) is 12.8 Å². The largest absolute Gasteiger partial charge is 0.496 e. The minimum atomic E-state index is -0.518. The predicted octanol–water partition coefficient (Wildman–Crippen LogP) is 3.37. The SMILES string of the molecule is COc1cccc(N2CC(C)CCC2C)c1C(C)O. The first-order valence-electron chi connectivity index (χ1n) is 7.16. The van der Waals surface area contributed by atoms with Crippen molar-refractivity contribution in [3.63, 3.8) is 0 Å². The molecule has 19 heavy (non-hydrogen) atoms. The maximum atomic E-state index is 10.1. The molecule has 0 saturated carbocycles. The molecule has 0 radical (unpaired) electrons. The summed E-state index contributed by atoms with van der Waals surface area (Å²) in [6.07, 6.45) is 1.97. The lowest BCUT2D eigenvalue weighted by Crippen LogP contribution is -2.41. The highest BCUT2D eigenvalue weighted by atomic mass is 16.5. The molecule has 3 unspecified atom stereocenters. The maximum absolute atomic E-state index is 10.1. The van der Waals surface area contributed by atoms with Gasteiger partial charge in [-0.1, -0.05) is 13.0 Å². The molecule has 1 N–H and O–H groups in total. The van der Waals surface area contributed by atoms with Gasteiger partial charge >= 0.3 is 0 Å². The molecule has 3 nitrogen and oxygen atoms in total. The molecular weight excluding hydrogens is 238 g/mol. The number of anilines is 1. The van der Waals surface area contributed by atoms with E-state index in [9.17, 15) is 5.11 Å². The van der Waals surface area contributed by atoms with Gasteiger partial charge in [-0.15, -0.1) is 0 Å². The quantitative estimate of drug-likeness (QED) is 0.907. The molecule has 1 aromatic rings. The Kier molecular flexibility index (Phi) is 4.35. The third kappa shape index (κ3) is 2.86. The van der Waals surface area contributed by atoms with Crippen LogP contribution in [0.15, 0.2) is 18.2 Å². The summed E-state index contributed by atoms with van der Waals surface area (Å²) in [6, 6.07) is 6.54. The standard InChI is InChI=1S/C16H25NO2/c1-11-8-9-12(2)17(10-11)14-6-5-7-15(19-4)16(14)13(3)18/h5-7,11-13,18H,8-10H2,1-4H3. The van der Waals surface area contributed by atoms with Crippen LogP contribution in [0.1, 0.15) is 45.3 Å². The van der Waals surface area contributed by atoms with Crippen LogP contribution in [0.3, 0.4) is 0 Å². The van der Waals surface area contributed by atoms with E-state index in [1.807, 2.05) is 12.1 Å². The second-order valence-electron chi connectivity index (χ2n) is 5.75. The molecule has 0 amide bonds.